The quantitative estimate of drug-likeness (QED) is 0.362. The van der Waals surface area contributed by atoms with Crippen molar-refractivity contribution in [1.82, 2.24) is 0 Å². The van der Waals surface area contributed by atoms with E-state index in [2.05, 4.69) is 0 Å². The van der Waals surface area contributed by atoms with Crippen LogP contribution in [-0.4, -0.2) is 40.5 Å². The monoisotopic (exact) mass is 157 g/mol. The zero-order chi connectivity index (χ0) is 0. The van der Waals surface area contributed by atoms with Crippen molar-refractivity contribution in [2.45, 2.75) is 0 Å². The molecule has 0 aliphatic carbocycles. The zero-order valence-corrected chi connectivity index (χ0v) is 6.42. The maximum atomic E-state index is 0. The van der Waals surface area contributed by atoms with Crippen molar-refractivity contribution in [2.24, 2.45) is 0 Å². The van der Waals surface area contributed by atoms with Gasteiger partial charge in [-0.3, -0.25) is 0 Å². The summed E-state index contributed by atoms with van der Waals surface area (Å²) in [5.41, 5.74) is 0. The Kier molecular flexibility index (Phi) is 267. The minimum absolute atomic E-state index is 0. The Labute approximate surface area is 61.1 Å². The Balaban J connectivity index is 0. The third-order valence-corrected chi connectivity index (χ3v) is 0. The van der Waals surface area contributed by atoms with E-state index >= 15 is 0 Å². The van der Waals surface area contributed by atoms with Crippen molar-refractivity contribution in [1.29, 1.82) is 0 Å². The summed E-state index contributed by atoms with van der Waals surface area (Å²) in [7, 11) is 0. The maximum absolute atomic E-state index is 0. The Morgan fingerprint density at radius 3 is 0.750 bits per heavy atom. The van der Waals surface area contributed by atoms with Gasteiger partial charge in [0, 0.05) is 50.6 Å². The molecular formula is H4MoNaO2. The van der Waals surface area contributed by atoms with Gasteiger partial charge in [-0.25, -0.2) is 0 Å². The summed E-state index contributed by atoms with van der Waals surface area (Å²) in [6, 6.07) is 0. The number of hydrogen-bond donors (Lipinski definition) is 0. The van der Waals surface area contributed by atoms with Gasteiger partial charge in [0.2, 0.25) is 0 Å². The maximum Gasteiger partial charge on any atom is 0 e. The molecule has 4 heavy (non-hydrogen) atoms. The SMILES string of the molecule is O.O.[Mo].[Na]. The van der Waals surface area contributed by atoms with Gasteiger partial charge in [-0.05, 0) is 0 Å². The molecule has 0 fully saturated rings. The third kappa shape index (κ3) is 9.49. The van der Waals surface area contributed by atoms with Crippen molar-refractivity contribution < 1.29 is 32.0 Å². The van der Waals surface area contributed by atoms with Crippen LogP contribution in [0.25, 0.3) is 0 Å². The molecule has 0 saturated heterocycles. The van der Waals surface area contributed by atoms with E-state index in [1.807, 2.05) is 0 Å². The summed E-state index contributed by atoms with van der Waals surface area (Å²) in [4.78, 5) is 0. The Morgan fingerprint density at radius 2 is 0.750 bits per heavy atom. The normalized spacial score (nSPS) is 0. The summed E-state index contributed by atoms with van der Waals surface area (Å²) in [5.74, 6) is 0. The van der Waals surface area contributed by atoms with E-state index in [0.717, 1.165) is 0 Å². The van der Waals surface area contributed by atoms with E-state index in [4.69, 9.17) is 0 Å². The molecule has 0 aromatic rings. The molecule has 4 N–H and O–H groups in total. The van der Waals surface area contributed by atoms with Crippen molar-refractivity contribution in [3.05, 3.63) is 0 Å². The summed E-state index contributed by atoms with van der Waals surface area (Å²) >= 11 is 0. The number of hydrogen-bond acceptors (Lipinski definition) is 0. The minimum Gasteiger partial charge on any atom is -0.412 e. The predicted molar refractivity (Wildman–Crippen MR) is 13.0 cm³/mol. The summed E-state index contributed by atoms with van der Waals surface area (Å²) in [6.45, 7) is 0. The molecule has 23 valence electrons. The van der Waals surface area contributed by atoms with Crippen LogP contribution in [0.15, 0.2) is 0 Å². The molecule has 0 aliphatic rings. The molecule has 0 heterocycles. The van der Waals surface area contributed by atoms with Crippen molar-refractivity contribution >= 4 is 29.6 Å². The van der Waals surface area contributed by atoms with E-state index < -0.39 is 0 Å². The fourth-order valence-electron chi connectivity index (χ4n) is 0. The molecule has 4 heteroatoms. The van der Waals surface area contributed by atoms with Crippen molar-refractivity contribution in [3.63, 3.8) is 0 Å². The van der Waals surface area contributed by atoms with Crippen LogP contribution in [0.1, 0.15) is 0 Å². The summed E-state index contributed by atoms with van der Waals surface area (Å²) in [5, 5.41) is 0. The molecule has 1 radical (unpaired) electrons. The van der Waals surface area contributed by atoms with Gasteiger partial charge in [0.05, 0.1) is 0 Å². The van der Waals surface area contributed by atoms with Crippen LogP contribution in [0, 0.1) is 0 Å². The largest absolute Gasteiger partial charge is 0.412 e. The third-order valence-electron chi connectivity index (χ3n) is 0. The molecular weight excluding hydrogens is 151 g/mol. The average molecular weight is 155 g/mol. The van der Waals surface area contributed by atoms with Gasteiger partial charge in [0.25, 0.3) is 0 Å². The van der Waals surface area contributed by atoms with Crippen LogP contribution < -0.4 is 0 Å². The van der Waals surface area contributed by atoms with Crippen LogP contribution in [0.4, 0.5) is 0 Å². The van der Waals surface area contributed by atoms with Crippen LogP contribution in [-0.2, 0) is 21.1 Å². The number of rotatable bonds is 0. The van der Waals surface area contributed by atoms with Gasteiger partial charge < -0.3 is 11.0 Å². The second-order valence-corrected chi connectivity index (χ2v) is 0. The minimum atomic E-state index is 0. The first kappa shape index (κ1) is 46.0. The smallest absolute Gasteiger partial charge is 0 e. The molecule has 0 amide bonds. The van der Waals surface area contributed by atoms with E-state index in [9.17, 15) is 0 Å². The fourth-order valence-corrected chi connectivity index (χ4v) is 0. The van der Waals surface area contributed by atoms with Crippen LogP contribution in [0.3, 0.4) is 0 Å². The predicted octanol–water partition coefficient (Wildman–Crippen LogP) is -2.03. The zero-order valence-electron chi connectivity index (χ0n) is 2.41. The van der Waals surface area contributed by atoms with Gasteiger partial charge in [0.15, 0.2) is 0 Å². The first-order chi connectivity index (χ1) is 0. The summed E-state index contributed by atoms with van der Waals surface area (Å²) < 4.78 is 0. The molecule has 0 rings (SSSR count). The molecule has 0 aromatic heterocycles. The van der Waals surface area contributed by atoms with Crippen molar-refractivity contribution in [3.8, 4) is 0 Å². The van der Waals surface area contributed by atoms with Gasteiger partial charge in [-0.15, -0.1) is 0 Å². The van der Waals surface area contributed by atoms with Crippen LogP contribution >= 0.6 is 0 Å². The summed E-state index contributed by atoms with van der Waals surface area (Å²) in [6.07, 6.45) is 0. The van der Waals surface area contributed by atoms with Gasteiger partial charge >= 0.3 is 0 Å². The molecule has 0 aliphatic heterocycles. The molecule has 0 bridgehead atoms. The standard InChI is InChI=1S/Mo.Na.2H2O/h;;2*1H2. The molecule has 0 atom stereocenters. The second-order valence-electron chi connectivity index (χ2n) is 0. The van der Waals surface area contributed by atoms with Gasteiger partial charge in [-0.2, -0.15) is 0 Å². The van der Waals surface area contributed by atoms with E-state index in [0.29, 0.717) is 0 Å². The van der Waals surface area contributed by atoms with Crippen LogP contribution in [0.5, 0.6) is 0 Å². The first-order valence-corrected chi connectivity index (χ1v) is 0. The van der Waals surface area contributed by atoms with Gasteiger partial charge in [0.1, 0.15) is 0 Å². The molecule has 0 aromatic carbocycles. The Bertz CT molecular complexity index is 6.00. The Morgan fingerprint density at radius 1 is 0.750 bits per heavy atom. The van der Waals surface area contributed by atoms with Crippen LogP contribution in [0.2, 0.25) is 0 Å². The van der Waals surface area contributed by atoms with Crippen molar-refractivity contribution in [2.75, 3.05) is 0 Å². The second kappa shape index (κ2) is 23.2. The first-order valence-electron chi connectivity index (χ1n) is 0. The topological polar surface area (TPSA) is 63.0 Å². The van der Waals surface area contributed by atoms with E-state index in [1.54, 1.807) is 0 Å². The van der Waals surface area contributed by atoms with Gasteiger partial charge in [-0.1, -0.05) is 0 Å². The average Bonchev–Trinajstić information content (AvgIpc) is 0. The molecule has 0 saturated carbocycles. The fraction of sp³-hybridized carbons (Fsp3) is 0. The molecule has 0 spiro atoms. The van der Waals surface area contributed by atoms with E-state index in [1.165, 1.54) is 0 Å². The van der Waals surface area contributed by atoms with E-state index in [-0.39, 0.29) is 61.6 Å². The molecule has 2 nitrogen and oxygen atoms in total. The molecule has 0 unspecified atom stereocenters. The Hall–Kier alpha value is 1.61.